The number of aliphatic hydroxyl groups is 1. The van der Waals surface area contributed by atoms with Gasteiger partial charge < -0.3 is 20.5 Å². The first kappa shape index (κ1) is 21.9. The van der Waals surface area contributed by atoms with Crippen LogP contribution < -0.4 is 10.6 Å². The summed E-state index contributed by atoms with van der Waals surface area (Å²) in [4.78, 5) is 26.0. The lowest BCUT2D eigenvalue weighted by molar-refractivity contribution is 0.0902. The van der Waals surface area contributed by atoms with Crippen LogP contribution in [0.5, 0.6) is 0 Å². The average molecular weight is 437 g/mol. The predicted octanol–water partition coefficient (Wildman–Crippen LogP) is 2.33. The number of amides is 1. The van der Waals surface area contributed by atoms with Crippen LogP contribution in [-0.2, 0) is 4.74 Å². The zero-order valence-corrected chi connectivity index (χ0v) is 18.3. The lowest BCUT2D eigenvalue weighted by atomic mass is 10.0. The molecule has 0 aliphatic carbocycles. The molecule has 1 amide bonds. The van der Waals surface area contributed by atoms with Crippen LogP contribution in [0, 0.1) is 13.8 Å². The molecule has 1 saturated heterocycles. The van der Waals surface area contributed by atoms with E-state index < -0.39 is 6.04 Å². The number of hydrogen-bond acceptors (Lipinski definition) is 7. The molecule has 0 bridgehead atoms. The number of anilines is 1. The molecule has 1 unspecified atom stereocenters. The minimum atomic E-state index is -0.511. The van der Waals surface area contributed by atoms with Gasteiger partial charge in [0.1, 0.15) is 17.8 Å². The monoisotopic (exact) mass is 436 g/mol. The molecule has 1 aliphatic heterocycles. The van der Waals surface area contributed by atoms with Crippen molar-refractivity contribution in [2.45, 2.75) is 38.8 Å². The quantitative estimate of drug-likeness (QED) is 0.521. The van der Waals surface area contributed by atoms with Crippen LogP contribution >= 0.6 is 0 Å². The van der Waals surface area contributed by atoms with E-state index in [0.717, 1.165) is 42.7 Å². The highest BCUT2D eigenvalue weighted by Gasteiger charge is 2.19. The fraction of sp³-hybridized carbons (Fsp3) is 0.391. The third-order valence-corrected chi connectivity index (χ3v) is 5.49. The summed E-state index contributed by atoms with van der Waals surface area (Å²) in [5.74, 6) is 0.826. The van der Waals surface area contributed by atoms with Crippen LogP contribution in [0.4, 0.5) is 5.95 Å². The van der Waals surface area contributed by atoms with Gasteiger partial charge in [0.25, 0.3) is 5.91 Å². The molecule has 1 fully saturated rings. The van der Waals surface area contributed by atoms with Gasteiger partial charge in [0.2, 0.25) is 5.95 Å². The number of rotatable bonds is 7. The van der Waals surface area contributed by atoms with Gasteiger partial charge in [-0.05, 0) is 32.3 Å². The Morgan fingerprint density at radius 3 is 2.84 bits per heavy atom. The Kier molecular flexibility index (Phi) is 6.77. The Balaban J connectivity index is 1.49. The number of imidazole rings is 1. The van der Waals surface area contributed by atoms with Crippen LogP contribution in [-0.4, -0.2) is 56.4 Å². The predicted molar refractivity (Wildman–Crippen MR) is 120 cm³/mol. The molecule has 3 aromatic rings. The van der Waals surface area contributed by atoms with E-state index in [9.17, 15) is 9.90 Å². The minimum absolute atomic E-state index is 0.206. The number of hydrogen-bond donors (Lipinski definition) is 3. The number of nitrogens with one attached hydrogen (secondary N) is 2. The molecular weight excluding hydrogens is 408 g/mol. The summed E-state index contributed by atoms with van der Waals surface area (Å²) in [6.07, 6.45) is 6.77. The Morgan fingerprint density at radius 1 is 1.28 bits per heavy atom. The van der Waals surface area contributed by atoms with Crippen molar-refractivity contribution in [1.82, 2.24) is 24.8 Å². The van der Waals surface area contributed by atoms with Crippen LogP contribution in [0.2, 0.25) is 0 Å². The molecule has 9 nitrogen and oxygen atoms in total. The molecule has 1 atom stereocenters. The highest BCUT2D eigenvalue weighted by molar-refractivity contribution is 5.92. The second-order valence-corrected chi connectivity index (χ2v) is 8.02. The number of aryl methyl sites for hydroxylation is 2. The molecule has 0 radical (unpaired) electrons. The second-order valence-electron chi connectivity index (χ2n) is 8.02. The van der Waals surface area contributed by atoms with Crippen molar-refractivity contribution in [3.05, 3.63) is 65.4 Å². The topological polar surface area (TPSA) is 114 Å². The van der Waals surface area contributed by atoms with Gasteiger partial charge in [-0.15, -0.1) is 0 Å². The number of carbonyl (C=O) groups excluding carboxylic acids is 1. The molecule has 2 aromatic heterocycles. The van der Waals surface area contributed by atoms with Crippen molar-refractivity contribution in [1.29, 1.82) is 0 Å². The summed E-state index contributed by atoms with van der Waals surface area (Å²) in [5.41, 5.74) is 3.01. The number of nitrogens with zero attached hydrogens (tertiary/aromatic N) is 4. The van der Waals surface area contributed by atoms with Crippen molar-refractivity contribution < 1.29 is 14.6 Å². The molecular formula is C23H28N6O3. The standard InChI is InChI=1S/C23H28N6O3/c1-15-4-3-5-17(10-15)20(13-30)27-22(31)19-12-29(14-25-19)21-16(2)11-24-23(28-21)26-18-6-8-32-9-7-18/h3-5,10-12,14,18,20,30H,6-9,13H2,1-2H3,(H,27,31)(H,24,26,28). The van der Waals surface area contributed by atoms with E-state index >= 15 is 0 Å². The van der Waals surface area contributed by atoms with E-state index in [1.165, 1.54) is 0 Å². The third kappa shape index (κ3) is 5.12. The Bertz CT molecular complexity index is 1080. The summed E-state index contributed by atoms with van der Waals surface area (Å²) in [7, 11) is 0. The summed E-state index contributed by atoms with van der Waals surface area (Å²) in [5, 5.41) is 16.0. The number of aromatic nitrogens is 4. The summed E-state index contributed by atoms with van der Waals surface area (Å²) >= 11 is 0. The van der Waals surface area contributed by atoms with E-state index in [0.29, 0.717) is 11.8 Å². The van der Waals surface area contributed by atoms with E-state index in [2.05, 4.69) is 25.6 Å². The van der Waals surface area contributed by atoms with Crippen LogP contribution in [0.1, 0.15) is 46.1 Å². The highest BCUT2D eigenvalue weighted by Crippen LogP contribution is 2.18. The van der Waals surface area contributed by atoms with Crippen LogP contribution in [0.15, 0.2) is 43.0 Å². The lowest BCUT2D eigenvalue weighted by Gasteiger charge is -2.23. The van der Waals surface area contributed by atoms with Crippen molar-refractivity contribution in [3.8, 4) is 5.82 Å². The van der Waals surface area contributed by atoms with Gasteiger partial charge in [0.05, 0.1) is 12.6 Å². The lowest BCUT2D eigenvalue weighted by Crippen LogP contribution is -2.31. The van der Waals surface area contributed by atoms with Crippen LogP contribution in [0.3, 0.4) is 0 Å². The Labute approximate surface area is 186 Å². The number of carbonyl (C=O) groups is 1. The molecule has 0 saturated carbocycles. The SMILES string of the molecule is Cc1cccc(C(CO)NC(=O)c2cn(-c3nc(NC4CCOCC4)ncc3C)cn2)c1. The highest BCUT2D eigenvalue weighted by atomic mass is 16.5. The van der Waals surface area contributed by atoms with E-state index in [4.69, 9.17) is 4.74 Å². The first-order chi connectivity index (χ1) is 15.5. The molecule has 0 spiro atoms. The smallest absolute Gasteiger partial charge is 0.272 e. The van der Waals surface area contributed by atoms with Crippen molar-refractivity contribution in [3.63, 3.8) is 0 Å². The number of aliphatic hydroxyl groups excluding tert-OH is 1. The zero-order chi connectivity index (χ0) is 22.5. The molecule has 168 valence electrons. The van der Waals surface area contributed by atoms with Gasteiger partial charge in [0.15, 0.2) is 0 Å². The van der Waals surface area contributed by atoms with E-state index in [1.54, 1.807) is 23.3 Å². The number of benzene rings is 1. The second kappa shape index (κ2) is 9.88. The van der Waals surface area contributed by atoms with Gasteiger partial charge in [-0.3, -0.25) is 9.36 Å². The minimum Gasteiger partial charge on any atom is -0.394 e. The van der Waals surface area contributed by atoms with E-state index in [-0.39, 0.29) is 24.2 Å². The van der Waals surface area contributed by atoms with Gasteiger partial charge in [0, 0.05) is 37.2 Å². The first-order valence-corrected chi connectivity index (χ1v) is 10.7. The fourth-order valence-electron chi connectivity index (χ4n) is 3.70. The normalized spacial score (nSPS) is 15.3. The van der Waals surface area contributed by atoms with Crippen molar-refractivity contribution in [2.75, 3.05) is 25.1 Å². The maximum atomic E-state index is 12.8. The average Bonchev–Trinajstić information content (AvgIpc) is 3.29. The Hall–Kier alpha value is -3.30. The molecule has 32 heavy (non-hydrogen) atoms. The zero-order valence-electron chi connectivity index (χ0n) is 18.3. The van der Waals surface area contributed by atoms with Crippen molar-refractivity contribution in [2.24, 2.45) is 0 Å². The first-order valence-electron chi connectivity index (χ1n) is 10.7. The molecule has 1 aromatic carbocycles. The van der Waals surface area contributed by atoms with Crippen LogP contribution in [0.25, 0.3) is 5.82 Å². The van der Waals surface area contributed by atoms with Crippen molar-refractivity contribution >= 4 is 11.9 Å². The Morgan fingerprint density at radius 2 is 2.09 bits per heavy atom. The molecule has 4 rings (SSSR count). The third-order valence-electron chi connectivity index (χ3n) is 5.49. The van der Waals surface area contributed by atoms with Gasteiger partial charge in [-0.1, -0.05) is 29.8 Å². The molecule has 3 heterocycles. The summed E-state index contributed by atoms with van der Waals surface area (Å²) in [6, 6.07) is 7.46. The van der Waals surface area contributed by atoms with Gasteiger partial charge >= 0.3 is 0 Å². The summed E-state index contributed by atoms with van der Waals surface area (Å²) in [6.45, 7) is 5.13. The largest absolute Gasteiger partial charge is 0.394 e. The van der Waals surface area contributed by atoms with Gasteiger partial charge in [-0.25, -0.2) is 9.97 Å². The van der Waals surface area contributed by atoms with Gasteiger partial charge in [-0.2, -0.15) is 4.98 Å². The number of ether oxygens (including phenoxy) is 1. The fourth-order valence-corrected chi connectivity index (χ4v) is 3.70. The maximum absolute atomic E-state index is 12.8. The maximum Gasteiger partial charge on any atom is 0.272 e. The molecule has 1 aliphatic rings. The molecule has 3 N–H and O–H groups in total. The molecule has 9 heteroatoms. The van der Waals surface area contributed by atoms with E-state index in [1.807, 2.05) is 38.1 Å². The summed E-state index contributed by atoms with van der Waals surface area (Å²) < 4.78 is 7.11.